The van der Waals surface area contributed by atoms with E-state index in [-0.39, 0.29) is 23.5 Å². The van der Waals surface area contributed by atoms with Gasteiger partial charge in [-0.1, -0.05) is 30.3 Å². The Bertz CT molecular complexity index is 557. The molecule has 1 N–H and O–H groups in total. The molecule has 110 valence electrons. The van der Waals surface area contributed by atoms with E-state index >= 15 is 0 Å². The first-order valence-electron chi connectivity index (χ1n) is 6.69. The van der Waals surface area contributed by atoms with Gasteiger partial charge in [0.15, 0.2) is 9.84 Å². The van der Waals surface area contributed by atoms with Crippen molar-refractivity contribution in [3.8, 4) is 0 Å². The Hall–Kier alpha value is -1.01. The van der Waals surface area contributed by atoms with Crippen molar-refractivity contribution in [1.29, 1.82) is 0 Å². The van der Waals surface area contributed by atoms with Gasteiger partial charge in [0, 0.05) is 6.04 Å². The summed E-state index contributed by atoms with van der Waals surface area (Å²) in [4.78, 5) is 12.0. The number of nitrogens with one attached hydrogen (secondary N) is 1. The number of hydrogen-bond donors (Lipinski definition) is 2. The molecular weight excluding hydrogens is 294 g/mol. The lowest BCUT2D eigenvalue weighted by molar-refractivity contribution is -0.121. The minimum Gasteiger partial charge on any atom is -0.351 e. The van der Waals surface area contributed by atoms with Gasteiger partial charge in [-0.15, -0.1) is 0 Å². The van der Waals surface area contributed by atoms with E-state index in [1.807, 2.05) is 30.3 Å². The summed E-state index contributed by atoms with van der Waals surface area (Å²) in [6, 6.07) is 9.38. The number of benzene rings is 1. The predicted octanol–water partition coefficient (Wildman–Crippen LogP) is 1.22. The van der Waals surface area contributed by atoms with Crippen molar-refractivity contribution < 1.29 is 13.2 Å². The third kappa shape index (κ3) is 4.52. The number of carbonyl (C=O) groups is 1. The molecule has 0 aliphatic carbocycles. The van der Waals surface area contributed by atoms with Crippen LogP contribution in [0.25, 0.3) is 0 Å². The molecule has 0 bridgehead atoms. The highest BCUT2D eigenvalue weighted by molar-refractivity contribution is 7.91. The van der Waals surface area contributed by atoms with Crippen LogP contribution >= 0.6 is 12.6 Å². The SMILES string of the molecule is O=C(NC1CCCS(=O)(=O)C1)C(S)Cc1ccccc1. The van der Waals surface area contributed by atoms with E-state index in [1.165, 1.54) is 0 Å². The second kappa shape index (κ2) is 6.63. The molecule has 1 fully saturated rings. The van der Waals surface area contributed by atoms with Crippen LogP contribution in [0.4, 0.5) is 0 Å². The zero-order valence-electron chi connectivity index (χ0n) is 11.2. The Kier molecular flexibility index (Phi) is 5.10. The summed E-state index contributed by atoms with van der Waals surface area (Å²) < 4.78 is 23.1. The van der Waals surface area contributed by atoms with Crippen molar-refractivity contribution in [1.82, 2.24) is 5.32 Å². The number of carbonyl (C=O) groups excluding carboxylic acids is 1. The lowest BCUT2D eigenvalue weighted by atomic mass is 10.1. The number of thiol groups is 1. The van der Waals surface area contributed by atoms with Crippen molar-refractivity contribution in [2.75, 3.05) is 11.5 Å². The third-order valence-electron chi connectivity index (χ3n) is 3.38. The summed E-state index contributed by atoms with van der Waals surface area (Å²) in [5.74, 6) is 0.0810. The quantitative estimate of drug-likeness (QED) is 0.822. The zero-order valence-corrected chi connectivity index (χ0v) is 12.9. The van der Waals surface area contributed by atoms with Crippen LogP contribution in [-0.4, -0.2) is 37.1 Å². The summed E-state index contributed by atoms with van der Waals surface area (Å²) in [7, 11) is -3.00. The van der Waals surface area contributed by atoms with Crippen LogP contribution in [0.2, 0.25) is 0 Å². The van der Waals surface area contributed by atoms with E-state index in [2.05, 4.69) is 17.9 Å². The Morgan fingerprint density at radius 2 is 2.05 bits per heavy atom. The van der Waals surface area contributed by atoms with Gasteiger partial charge in [-0.3, -0.25) is 4.79 Å². The summed E-state index contributed by atoms with van der Waals surface area (Å²) in [6.07, 6.45) is 1.87. The predicted molar refractivity (Wildman–Crippen MR) is 82.7 cm³/mol. The number of amides is 1. The number of hydrogen-bond acceptors (Lipinski definition) is 4. The third-order valence-corrected chi connectivity index (χ3v) is 5.62. The van der Waals surface area contributed by atoms with Crippen molar-refractivity contribution in [2.45, 2.75) is 30.6 Å². The highest BCUT2D eigenvalue weighted by atomic mass is 32.2. The first-order chi connectivity index (χ1) is 9.46. The van der Waals surface area contributed by atoms with E-state index in [4.69, 9.17) is 0 Å². The van der Waals surface area contributed by atoms with Crippen LogP contribution in [0.1, 0.15) is 18.4 Å². The van der Waals surface area contributed by atoms with E-state index in [0.29, 0.717) is 12.8 Å². The van der Waals surface area contributed by atoms with Gasteiger partial charge in [0.2, 0.25) is 5.91 Å². The molecule has 1 aliphatic rings. The Morgan fingerprint density at radius 3 is 2.70 bits per heavy atom. The molecule has 0 aromatic heterocycles. The van der Waals surface area contributed by atoms with Gasteiger partial charge in [0.05, 0.1) is 16.8 Å². The topological polar surface area (TPSA) is 63.2 Å². The normalized spacial score (nSPS) is 22.9. The van der Waals surface area contributed by atoms with Crippen LogP contribution in [0.15, 0.2) is 30.3 Å². The molecule has 2 atom stereocenters. The lowest BCUT2D eigenvalue weighted by Crippen LogP contribution is -2.46. The van der Waals surface area contributed by atoms with Crippen molar-refractivity contribution in [2.24, 2.45) is 0 Å². The summed E-state index contributed by atoms with van der Waals surface area (Å²) in [5, 5.41) is 2.34. The average molecular weight is 313 g/mol. The molecule has 1 aromatic rings. The summed E-state index contributed by atoms with van der Waals surface area (Å²) in [6.45, 7) is 0. The average Bonchev–Trinajstić information content (AvgIpc) is 2.38. The molecule has 0 saturated carbocycles. The lowest BCUT2D eigenvalue weighted by Gasteiger charge is -2.24. The van der Waals surface area contributed by atoms with Crippen LogP contribution < -0.4 is 5.32 Å². The molecule has 0 radical (unpaired) electrons. The molecule has 2 rings (SSSR count). The van der Waals surface area contributed by atoms with Crippen LogP contribution in [0.5, 0.6) is 0 Å². The maximum Gasteiger partial charge on any atom is 0.233 e. The van der Waals surface area contributed by atoms with Gasteiger partial charge in [-0.2, -0.15) is 12.6 Å². The standard InChI is InChI=1S/C14H19NO3S2/c16-14(13(19)9-11-5-2-1-3-6-11)15-12-7-4-8-20(17,18)10-12/h1-3,5-6,12-13,19H,4,7-10H2,(H,15,16). The molecule has 0 spiro atoms. The molecule has 1 saturated heterocycles. The smallest absolute Gasteiger partial charge is 0.233 e. The first kappa shape index (κ1) is 15.4. The first-order valence-corrected chi connectivity index (χ1v) is 9.03. The minimum atomic E-state index is -3.00. The van der Waals surface area contributed by atoms with Crippen LogP contribution in [0.3, 0.4) is 0 Å². The maximum atomic E-state index is 12.0. The molecular formula is C14H19NO3S2. The molecule has 1 heterocycles. The second-order valence-corrected chi connectivity index (χ2v) is 8.02. The minimum absolute atomic E-state index is 0.0462. The second-order valence-electron chi connectivity index (χ2n) is 5.17. The van der Waals surface area contributed by atoms with E-state index in [1.54, 1.807) is 0 Å². The van der Waals surface area contributed by atoms with Gasteiger partial charge in [-0.25, -0.2) is 8.42 Å². The van der Waals surface area contributed by atoms with Crippen molar-refractivity contribution in [3.63, 3.8) is 0 Å². The molecule has 2 unspecified atom stereocenters. The van der Waals surface area contributed by atoms with Gasteiger partial charge >= 0.3 is 0 Å². The Labute approximate surface area is 125 Å². The highest BCUT2D eigenvalue weighted by Gasteiger charge is 2.27. The summed E-state index contributed by atoms with van der Waals surface area (Å²) in [5.41, 5.74) is 1.04. The monoisotopic (exact) mass is 313 g/mol. The molecule has 1 aromatic carbocycles. The molecule has 6 heteroatoms. The fourth-order valence-electron chi connectivity index (χ4n) is 2.36. The molecule has 20 heavy (non-hydrogen) atoms. The van der Waals surface area contributed by atoms with Gasteiger partial charge in [0.1, 0.15) is 0 Å². The molecule has 1 aliphatic heterocycles. The highest BCUT2D eigenvalue weighted by Crippen LogP contribution is 2.13. The maximum absolute atomic E-state index is 12.0. The summed E-state index contributed by atoms with van der Waals surface area (Å²) >= 11 is 4.32. The van der Waals surface area contributed by atoms with Crippen molar-refractivity contribution in [3.05, 3.63) is 35.9 Å². The Balaban J connectivity index is 1.88. The van der Waals surface area contributed by atoms with Gasteiger partial charge in [0.25, 0.3) is 0 Å². The van der Waals surface area contributed by atoms with E-state index < -0.39 is 15.1 Å². The largest absolute Gasteiger partial charge is 0.351 e. The number of sulfone groups is 1. The molecule has 4 nitrogen and oxygen atoms in total. The fraction of sp³-hybridized carbons (Fsp3) is 0.500. The van der Waals surface area contributed by atoms with Crippen LogP contribution in [0, 0.1) is 0 Å². The Morgan fingerprint density at radius 1 is 1.35 bits per heavy atom. The fourth-order valence-corrected chi connectivity index (χ4v) is 4.29. The number of rotatable bonds is 4. The van der Waals surface area contributed by atoms with E-state index in [0.717, 1.165) is 12.0 Å². The van der Waals surface area contributed by atoms with Gasteiger partial charge in [-0.05, 0) is 24.8 Å². The van der Waals surface area contributed by atoms with Crippen molar-refractivity contribution >= 4 is 28.4 Å². The van der Waals surface area contributed by atoms with Crippen LogP contribution in [-0.2, 0) is 21.1 Å². The van der Waals surface area contributed by atoms with Gasteiger partial charge < -0.3 is 5.32 Å². The molecule has 1 amide bonds. The zero-order chi connectivity index (χ0) is 14.6. The van der Waals surface area contributed by atoms with E-state index in [9.17, 15) is 13.2 Å².